The maximum absolute atomic E-state index is 5.86. The molecule has 0 bridgehead atoms. The fraction of sp³-hybridized carbons (Fsp3) is 0.357. The Morgan fingerprint density at radius 3 is 2.71 bits per heavy atom. The highest BCUT2D eigenvalue weighted by atomic mass is 16.5. The van der Waals surface area contributed by atoms with Gasteiger partial charge in [-0.05, 0) is 17.5 Å². The molecule has 0 saturated heterocycles. The van der Waals surface area contributed by atoms with Gasteiger partial charge in [-0.15, -0.1) is 0 Å². The Morgan fingerprint density at radius 1 is 1.29 bits per heavy atom. The summed E-state index contributed by atoms with van der Waals surface area (Å²) in [5.74, 6) is 1.43. The molecule has 0 fully saturated rings. The molecule has 0 aliphatic heterocycles. The minimum Gasteiger partial charge on any atom is -0.487 e. The highest BCUT2D eigenvalue weighted by Crippen LogP contribution is 2.26. The monoisotopic (exact) mass is 230 g/mol. The third-order valence-electron chi connectivity index (χ3n) is 2.83. The average Bonchev–Trinajstić information content (AvgIpc) is 2.72. The average molecular weight is 230 g/mol. The summed E-state index contributed by atoms with van der Waals surface area (Å²) in [4.78, 5) is 4.07. The van der Waals surface area contributed by atoms with Gasteiger partial charge in [-0.25, -0.2) is 4.98 Å². The van der Waals surface area contributed by atoms with E-state index in [1.54, 1.807) is 6.33 Å². The molecule has 3 heteroatoms. The lowest BCUT2D eigenvalue weighted by Crippen LogP contribution is -2.03. The fourth-order valence-electron chi connectivity index (χ4n) is 1.76. The number of aromatic nitrogens is 2. The van der Waals surface area contributed by atoms with Crippen molar-refractivity contribution in [3.05, 3.63) is 48.0 Å². The second kappa shape index (κ2) is 5.04. The maximum atomic E-state index is 5.86. The first-order valence-electron chi connectivity index (χ1n) is 5.85. The van der Waals surface area contributed by atoms with Crippen molar-refractivity contribution in [1.82, 2.24) is 9.55 Å². The van der Waals surface area contributed by atoms with Crippen molar-refractivity contribution in [3.8, 4) is 5.75 Å². The van der Waals surface area contributed by atoms with E-state index in [0.717, 1.165) is 11.4 Å². The molecular weight excluding hydrogens is 212 g/mol. The molecule has 0 radical (unpaired) electrons. The van der Waals surface area contributed by atoms with E-state index < -0.39 is 0 Å². The van der Waals surface area contributed by atoms with Crippen LogP contribution in [-0.2, 0) is 13.7 Å². The summed E-state index contributed by atoms with van der Waals surface area (Å²) >= 11 is 0. The molecule has 2 aromatic rings. The number of hydrogen-bond donors (Lipinski definition) is 0. The van der Waals surface area contributed by atoms with Crippen LogP contribution < -0.4 is 4.74 Å². The lowest BCUT2D eigenvalue weighted by atomic mass is 10.0. The third-order valence-corrected chi connectivity index (χ3v) is 2.83. The molecule has 0 saturated carbocycles. The first-order valence-corrected chi connectivity index (χ1v) is 5.85. The van der Waals surface area contributed by atoms with E-state index in [9.17, 15) is 0 Å². The van der Waals surface area contributed by atoms with E-state index >= 15 is 0 Å². The zero-order valence-electron chi connectivity index (χ0n) is 10.6. The minimum absolute atomic E-state index is 0.470. The number of para-hydroxylation sites is 1. The summed E-state index contributed by atoms with van der Waals surface area (Å²) in [6, 6.07) is 8.19. The topological polar surface area (TPSA) is 27.1 Å². The molecule has 0 atom stereocenters. The number of nitrogens with zero attached hydrogens (tertiary/aromatic N) is 2. The van der Waals surface area contributed by atoms with Gasteiger partial charge in [0.05, 0.1) is 18.2 Å². The molecule has 1 aromatic carbocycles. The Balaban J connectivity index is 2.11. The van der Waals surface area contributed by atoms with Gasteiger partial charge >= 0.3 is 0 Å². The standard InChI is InChI=1S/C14H18N2O/c1-11(2)13-6-4-5-7-14(13)17-9-12-8-15-10-16(12)3/h4-8,10-11H,9H2,1-3H3. The van der Waals surface area contributed by atoms with Crippen LogP contribution in [0.5, 0.6) is 5.75 Å². The normalized spacial score (nSPS) is 10.8. The molecule has 0 amide bonds. The van der Waals surface area contributed by atoms with Gasteiger partial charge in [0.25, 0.3) is 0 Å². The minimum atomic E-state index is 0.470. The number of aryl methyl sites for hydroxylation is 1. The van der Waals surface area contributed by atoms with Crippen molar-refractivity contribution in [3.63, 3.8) is 0 Å². The van der Waals surface area contributed by atoms with Crippen LogP contribution in [0, 0.1) is 0 Å². The predicted octanol–water partition coefficient (Wildman–Crippen LogP) is 3.12. The van der Waals surface area contributed by atoms with Gasteiger partial charge in [-0.3, -0.25) is 0 Å². The number of hydrogen-bond acceptors (Lipinski definition) is 2. The van der Waals surface area contributed by atoms with Crippen LogP contribution in [0.25, 0.3) is 0 Å². The Bertz CT molecular complexity index is 488. The molecule has 0 aliphatic carbocycles. The summed E-state index contributed by atoms with van der Waals surface area (Å²) in [6.45, 7) is 4.90. The lowest BCUT2D eigenvalue weighted by molar-refractivity contribution is 0.293. The molecule has 2 rings (SSSR count). The number of ether oxygens (including phenoxy) is 1. The highest BCUT2D eigenvalue weighted by Gasteiger charge is 2.07. The van der Waals surface area contributed by atoms with Crippen LogP contribution in [-0.4, -0.2) is 9.55 Å². The van der Waals surface area contributed by atoms with Gasteiger partial charge in [0.1, 0.15) is 12.4 Å². The highest BCUT2D eigenvalue weighted by molar-refractivity contribution is 5.35. The van der Waals surface area contributed by atoms with E-state index in [2.05, 4.69) is 24.9 Å². The van der Waals surface area contributed by atoms with Crippen molar-refractivity contribution in [2.45, 2.75) is 26.4 Å². The summed E-state index contributed by atoms with van der Waals surface area (Å²) < 4.78 is 7.83. The molecule has 0 N–H and O–H groups in total. The van der Waals surface area contributed by atoms with Crippen molar-refractivity contribution >= 4 is 0 Å². The van der Waals surface area contributed by atoms with Crippen molar-refractivity contribution < 1.29 is 4.74 Å². The van der Waals surface area contributed by atoms with Crippen LogP contribution in [0.2, 0.25) is 0 Å². The van der Waals surface area contributed by atoms with Gasteiger partial charge in [-0.1, -0.05) is 32.0 Å². The van der Waals surface area contributed by atoms with Crippen LogP contribution in [0.1, 0.15) is 31.0 Å². The maximum Gasteiger partial charge on any atom is 0.130 e. The van der Waals surface area contributed by atoms with E-state index in [0.29, 0.717) is 12.5 Å². The van der Waals surface area contributed by atoms with Crippen LogP contribution >= 0.6 is 0 Å². The van der Waals surface area contributed by atoms with Gasteiger partial charge in [0, 0.05) is 7.05 Å². The second-order valence-electron chi connectivity index (χ2n) is 4.48. The SMILES string of the molecule is CC(C)c1ccccc1OCc1cncn1C. The van der Waals surface area contributed by atoms with Gasteiger partial charge in [-0.2, -0.15) is 0 Å². The Hall–Kier alpha value is -1.77. The predicted molar refractivity (Wildman–Crippen MR) is 68.1 cm³/mol. The lowest BCUT2D eigenvalue weighted by Gasteiger charge is -2.13. The first-order chi connectivity index (χ1) is 8.18. The zero-order valence-corrected chi connectivity index (χ0v) is 10.6. The third kappa shape index (κ3) is 2.67. The molecular formula is C14H18N2O. The van der Waals surface area contributed by atoms with Gasteiger partial charge in [0.15, 0.2) is 0 Å². The Kier molecular flexibility index (Phi) is 3.47. The smallest absolute Gasteiger partial charge is 0.130 e. The Labute approximate surface area is 102 Å². The summed E-state index contributed by atoms with van der Waals surface area (Å²) in [5, 5.41) is 0. The Morgan fingerprint density at radius 2 is 2.06 bits per heavy atom. The molecule has 0 unspecified atom stereocenters. The van der Waals surface area contributed by atoms with Gasteiger partial charge in [0.2, 0.25) is 0 Å². The van der Waals surface area contributed by atoms with Crippen molar-refractivity contribution in [2.24, 2.45) is 7.05 Å². The second-order valence-corrected chi connectivity index (χ2v) is 4.48. The summed E-state index contributed by atoms with van der Waals surface area (Å²) in [7, 11) is 1.97. The zero-order chi connectivity index (χ0) is 12.3. The van der Waals surface area contributed by atoms with E-state index in [1.807, 2.05) is 36.0 Å². The quantitative estimate of drug-likeness (QED) is 0.807. The van der Waals surface area contributed by atoms with E-state index in [-0.39, 0.29) is 0 Å². The number of imidazole rings is 1. The fourth-order valence-corrected chi connectivity index (χ4v) is 1.76. The molecule has 1 aromatic heterocycles. The molecule has 1 heterocycles. The summed E-state index contributed by atoms with van der Waals surface area (Å²) in [6.07, 6.45) is 3.62. The molecule has 3 nitrogen and oxygen atoms in total. The van der Waals surface area contributed by atoms with Crippen LogP contribution in [0.15, 0.2) is 36.8 Å². The number of benzene rings is 1. The molecule has 0 aliphatic rings. The van der Waals surface area contributed by atoms with E-state index in [1.165, 1.54) is 5.56 Å². The number of rotatable bonds is 4. The van der Waals surface area contributed by atoms with Crippen molar-refractivity contribution in [1.29, 1.82) is 0 Å². The molecule has 90 valence electrons. The van der Waals surface area contributed by atoms with Gasteiger partial charge < -0.3 is 9.30 Å². The summed E-state index contributed by atoms with van der Waals surface area (Å²) in [5.41, 5.74) is 2.32. The molecule has 17 heavy (non-hydrogen) atoms. The van der Waals surface area contributed by atoms with Crippen LogP contribution in [0.3, 0.4) is 0 Å². The van der Waals surface area contributed by atoms with Crippen LogP contribution in [0.4, 0.5) is 0 Å². The molecule has 0 spiro atoms. The largest absolute Gasteiger partial charge is 0.487 e. The van der Waals surface area contributed by atoms with E-state index in [4.69, 9.17) is 4.74 Å². The first kappa shape index (κ1) is 11.7. The van der Waals surface area contributed by atoms with Crippen molar-refractivity contribution in [2.75, 3.05) is 0 Å².